The third-order valence-corrected chi connectivity index (χ3v) is 5.53. The Morgan fingerprint density at radius 3 is 2.52 bits per heavy atom. The number of guanidine groups is 1. The van der Waals surface area contributed by atoms with Crippen LogP contribution < -0.4 is 15.0 Å². The Bertz CT molecular complexity index is 827. The van der Waals surface area contributed by atoms with Gasteiger partial charge in [0.2, 0.25) is 0 Å². The number of ether oxygens (including phenoxy) is 1. The number of aryl methyl sites for hydroxylation is 2. The van der Waals surface area contributed by atoms with Crippen molar-refractivity contribution in [1.29, 1.82) is 0 Å². The average Bonchev–Trinajstić information content (AvgIpc) is 2.97. The van der Waals surface area contributed by atoms with Crippen molar-refractivity contribution in [2.24, 2.45) is 12.0 Å². The maximum atomic E-state index is 5.35. The first kappa shape index (κ1) is 23.3. The van der Waals surface area contributed by atoms with E-state index in [9.17, 15) is 0 Å². The van der Waals surface area contributed by atoms with Crippen LogP contribution in [0.2, 0.25) is 0 Å². The Balaban J connectivity index is 0.00000300. The monoisotopic (exact) mass is 512 g/mol. The highest BCUT2D eigenvalue weighted by Crippen LogP contribution is 2.22. The van der Waals surface area contributed by atoms with Gasteiger partial charge in [0.1, 0.15) is 5.75 Å². The maximum Gasteiger partial charge on any atom is 0.193 e. The summed E-state index contributed by atoms with van der Waals surface area (Å²) in [4.78, 5) is 9.22. The zero-order chi connectivity index (χ0) is 20.1. The number of benzene rings is 1. The van der Waals surface area contributed by atoms with Crippen molar-refractivity contribution < 1.29 is 4.74 Å². The van der Waals surface area contributed by atoms with Crippen LogP contribution in [0.4, 0.5) is 5.69 Å². The van der Waals surface area contributed by atoms with Crippen LogP contribution in [0.5, 0.6) is 5.75 Å². The van der Waals surface area contributed by atoms with Gasteiger partial charge in [0.05, 0.1) is 12.8 Å². The molecule has 1 aromatic carbocycles. The summed E-state index contributed by atoms with van der Waals surface area (Å²) in [6.07, 6.45) is 0.953. The number of aromatic nitrogens is 2. The minimum atomic E-state index is 0. The van der Waals surface area contributed by atoms with E-state index in [1.54, 1.807) is 7.11 Å². The third kappa shape index (κ3) is 5.55. The van der Waals surface area contributed by atoms with E-state index < -0.39 is 0 Å². The molecule has 1 N–H and O–H groups in total. The predicted octanol–water partition coefficient (Wildman–Crippen LogP) is 2.60. The second kappa shape index (κ2) is 10.7. The summed E-state index contributed by atoms with van der Waals surface area (Å²) >= 11 is 0. The Morgan fingerprint density at radius 1 is 1.21 bits per heavy atom. The number of nitrogens with one attached hydrogen (secondary N) is 1. The summed E-state index contributed by atoms with van der Waals surface area (Å²) in [7, 11) is 5.57. The lowest BCUT2D eigenvalue weighted by Gasteiger charge is -2.37. The predicted molar refractivity (Wildman–Crippen MR) is 130 cm³/mol. The van der Waals surface area contributed by atoms with Crippen LogP contribution in [0.15, 0.2) is 29.3 Å². The van der Waals surface area contributed by atoms with E-state index in [4.69, 9.17) is 4.74 Å². The summed E-state index contributed by atoms with van der Waals surface area (Å²) in [5, 5.41) is 8.03. The van der Waals surface area contributed by atoms with Crippen LogP contribution in [0.1, 0.15) is 17.0 Å². The van der Waals surface area contributed by atoms with Crippen LogP contribution >= 0.6 is 24.0 Å². The summed E-state index contributed by atoms with van der Waals surface area (Å²) in [6.45, 7) is 8.89. The molecule has 160 valence electrons. The number of nitrogens with zero attached hydrogens (tertiary/aromatic N) is 5. The zero-order valence-corrected chi connectivity index (χ0v) is 20.4. The highest BCUT2D eigenvalue weighted by Gasteiger charge is 2.20. The molecule has 0 amide bonds. The Labute approximate surface area is 191 Å². The molecule has 1 saturated heterocycles. The molecule has 1 aliphatic rings. The smallest absolute Gasteiger partial charge is 0.193 e. The number of methoxy groups -OCH3 is 1. The zero-order valence-electron chi connectivity index (χ0n) is 18.1. The number of hydrogen-bond donors (Lipinski definition) is 1. The van der Waals surface area contributed by atoms with Crippen molar-refractivity contribution in [3.05, 3.63) is 41.2 Å². The van der Waals surface area contributed by atoms with E-state index in [-0.39, 0.29) is 24.0 Å². The van der Waals surface area contributed by atoms with Crippen LogP contribution in [0.25, 0.3) is 0 Å². The van der Waals surface area contributed by atoms with Crippen molar-refractivity contribution in [2.75, 3.05) is 51.8 Å². The molecule has 0 atom stereocenters. The van der Waals surface area contributed by atoms with Gasteiger partial charge in [-0.3, -0.25) is 9.67 Å². The van der Waals surface area contributed by atoms with Crippen molar-refractivity contribution in [1.82, 2.24) is 20.0 Å². The molecule has 0 radical (unpaired) electrons. The highest BCUT2D eigenvalue weighted by molar-refractivity contribution is 14.0. The normalized spacial score (nSPS) is 14.6. The van der Waals surface area contributed by atoms with Crippen molar-refractivity contribution in [3.8, 4) is 5.75 Å². The van der Waals surface area contributed by atoms with Gasteiger partial charge in [0.25, 0.3) is 0 Å². The molecular weight excluding hydrogens is 479 g/mol. The van der Waals surface area contributed by atoms with E-state index >= 15 is 0 Å². The van der Waals surface area contributed by atoms with Crippen molar-refractivity contribution in [3.63, 3.8) is 0 Å². The first-order valence-corrected chi connectivity index (χ1v) is 9.87. The molecule has 1 aromatic heterocycles. The molecule has 1 aliphatic heterocycles. The largest absolute Gasteiger partial charge is 0.497 e. The molecule has 3 rings (SSSR count). The lowest BCUT2D eigenvalue weighted by Crippen LogP contribution is -2.52. The molecule has 0 bridgehead atoms. The number of rotatable bonds is 5. The van der Waals surface area contributed by atoms with Gasteiger partial charge in [-0.1, -0.05) is 6.07 Å². The highest BCUT2D eigenvalue weighted by atomic mass is 127. The molecule has 2 aromatic rings. The second-order valence-electron chi connectivity index (χ2n) is 7.17. The van der Waals surface area contributed by atoms with E-state index in [1.165, 1.54) is 16.9 Å². The van der Waals surface area contributed by atoms with Gasteiger partial charge in [-0.15, -0.1) is 24.0 Å². The number of hydrogen-bond acceptors (Lipinski definition) is 4. The molecule has 29 heavy (non-hydrogen) atoms. The first-order chi connectivity index (χ1) is 13.5. The minimum absolute atomic E-state index is 0. The fourth-order valence-electron chi connectivity index (χ4n) is 3.79. The Kier molecular flexibility index (Phi) is 8.60. The molecule has 2 heterocycles. The van der Waals surface area contributed by atoms with Crippen LogP contribution in [-0.2, 0) is 13.5 Å². The SMILES string of the molecule is CN=C(NCCc1c(C)nn(C)c1C)N1CCN(c2cccc(OC)c2)CC1.I. The van der Waals surface area contributed by atoms with Gasteiger partial charge in [0.15, 0.2) is 5.96 Å². The maximum absolute atomic E-state index is 5.35. The molecular formula is C21H33IN6O. The van der Waals surface area contributed by atoms with E-state index in [0.29, 0.717) is 0 Å². The summed E-state index contributed by atoms with van der Waals surface area (Å²) in [5.74, 6) is 1.88. The average molecular weight is 512 g/mol. The summed E-state index contributed by atoms with van der Waals surface area (Å²) in [6, 6.07) is 8.27. The summed E-state index contributed by atoms with van der Waals surface area (Å²) in [5.41, 5.74) is 4.89. The lowest BCUT2D eigenvalue weighted by molar-refractivity contribution is 0.372. The molecule has 0 spiro atoms. The van der Waals surface area contributed by atoms with Gasteiger partial charge < -0.3 is 19.9 Å². The number of halogens is 1. The molecule has 0 aliphatic carbocycles. The van der Waals surface area contributed by atoms with Crippen molar-refractivity contribution >= 4 is 35.6 Å². The number of anilines is 1. The van der Waals surface area contributed by atoms with Gasteiger partial charge in [0, 0.05) is 64.3 Å². The standard InChI is InChI=1S/C21H32N6O.HI/c1-16-20(17(2)25(4)24-16)9-10-23-21(22-3)27-13-11-26(12-14-27)18-7-6-8-19(15-18)28-5;/h6-8,15H,9-14H2,1-5H3,(H,22,23);1H. The quantitative estimate of drug-likeness (QED) is 0.379. The van der Waals surface area contributed by atoms with Gasteiger partial charge in [-0.25, -0.2) is 0 Å². The van der Waals surface area contributed by atoms with Crippen LogP contribution in [-0.4, -0.2) is 67.5 Å². The van der Waals surface area contributed by atoms with Gasteiger partial charge in [-0.05, 0) is 38.0 Å². The minimum Gasteiger partial charge on any atom is -0.497 e. The van der Waals surface area contributed by atoms with Crippen LogP contribution in [0.3, 0.4) is 0 Å². The fourth-order valence-corrected chi connectivity index (χ4v) is 3.79. The van der Waals surface area contributed by atoms with Crippen molar-refractivity contribution in [2.45, 2.75) is 20.3 Å². The van der Waals surface area contributed by atoms with E-state index in [2.05, 4.69) is 51.2 Å². The Morgan fingerprint density at radius 2 is 1.93 bits per heavy atom. The number of aliphatic imine (C=N–C) groups is 1. The number of piperazine rings is 1. The topological polar surface area (TPSA) is 57.9 Å². The molecule has 0 unspecified atom stereocenters. The molecule has 7 nitrogen and oxygen atoms in total. The summed E-state index contributed by atoms with van der Waals surface area (Å²) < 4.78 is 7.30. The molecule has 0 saturated carbocycles. The fraction of sp³-hybridized carbons (Fsp3) is 0.524. The van der Waals surface area contributed by atoms with E-state index in [0.717, 1.165) is 56.5 Å². The molecule has 8 heteroatoms. The molecule has 1 fully saturated rings. The Hall–Kier alpha value is -1.97. The second-order valence-corrected chi connectivity index (χ2v) is 7.17. The first-order valence-electron chi connectivity index (χ1n) is 9.87. The van der Waals surface area contributed by atoms with Gasteiger partial charge in [-0.2, -0.15) is 5.10 Å². The van der Waals surface area contributed by atoms with Gasteiger partial charge >= 0.3 is 0 Å². The van der Waals surface area contributed by atoms with Crippen LogP contribution in [0, 0.1) is 13.8 Å². The van der Waals surface area contributed by atoms with E-state index in [1.807, 2.05) is 30.9 Å². The third-order valence-electron chi connectivity index (χ3n) is 5.53. The lowest BCUT2D eigenvalue weighted by atomic mass is 10.1.